The summed E-state index contributed by atoms with van der Waals surface area (Å²) < 4.78 is 0. The van der Waals surface area contributed by atoms with Crippen LogP contribution in [0.3, 0.4) is 0 Å². The minimum absolute atomic E-state index is 0.224. The predicted molar refractivity (Wildman–Crippen MR) is 59.1 cm³/mol. The Kier molecular flexibility index (Phi) is 4.35. The van der Waals surface area contributed by atoms with E-state index in [0.717, 1.165) is 6.54 Å². The molecule has 1 aliphatic rings. The van der Waals surface area contributed by atoms with E-state index in [2.05, 4.69) is 12.2 Å². The summed E-state index contributed by atoms with van der Waals surface area (Å²) in [6.07, 6.45) is 4.80. The van der Waals surface area contributed by atoms with Gasteiger partial charge in [-0.05, 0) is 44.6 Å². The molecule has 84 valence electrons. The van der Waals surface area contributed by atoms with Gasteiger partial charge >= 0.3 is 0 Å². The van der Waals surface area contributed by atoms with Crippen LogP contribution in [0.1, 0.15) is 39.5 Å². The van der Waals surface area contributed by atoms with Gasteiger partial charge in [0, 0.05) is 12.1 Å². The van der Waals surface area contributed by atoms with Gasteiger partial charge in [-0.3, -0.25) is 0 Å². The zero-order chi connectivity index (χ0) is 10.6. The molecule has 0 bridgehead atoms. The third-order valence-electron chi connectivity index (χ3n) is 3.48. The largest absolute Gasteiger partial charge is 0.395 e. The van der Waals surface area contributed by atoms with E-state index in [0.29, 0.717) is 11.5 Å². The minimum Gasteiger partial charge on any atom is -0.395 e. The first kappa shape index (κ1) is 12.0. The van der Waals surface area contributed by atoms with E-state index in [1.165, 1.54) is 25.7 Å². The number of hydrogen-bond donors (Lipinski definition) is 3. The van der Waals surface area contributed by atoms with Crippen molar-refractivity contribution in [1.82, 2.24) is 5.32 Å². The molecule has 0 saturated heterocycles. The summed E-state index contributed by atoms with van der Waals surface area (Å²) in [5.74, 6) is 0. The van der Waals surface area contributed by atoms with E-state index in [-0.39, 0.29) is 12.6 Å². The SMILES string of the molecule is CC(CO)NC1CCC(C)(CN)CC1. The van der Waals surface area contributed by atoms with Crippen molar-refractivity contribution >= 4 is 0 Å². The Morgan fingerprint density at radius 1 is 1.50 bits per heavy atom. The van der Waals surface area contributed by atoms with Gasteiger partial charge in [0.05, 0.1) is 6.61 Å². The number of nitrogens with one attached hydrogen (secondary N) is 1. The first-order chi connectivity index (χ1) is 6.59. The van der Waals surface area contributed by atoms with E-state index in [1.807, 2.05) is 6.92 Å². The quantitative estimate of drug-likeness (QED) is 0.631. The lowest BCUT2D eigenvalue weighted by Crippen LogP contribution is -2.43. The van der Waals surface area contributed by atoms with E-state index in [9.17, 15) is 0 Å². The molecule has 0 heterocycles. The van der Waals surface area contributed by atoms with Gasteiger partial charge in [-0.2, -0.15) is 0 Å². The number of hydrogen-bond acceptors (Lipinski definition) is 3. The molecule has 0 amide bonds. The molecule has 1 aliphatic carbocycles. The second-order valence-corrected chi connectivity index (χ2v) is 5.04. The Balaban J connectivity index is 2.29. The summed E-state index contributed by atoms with van der Waals surface area (Å²) in [6.45, 7) is 5.33. The van der Waals surface area contributed by atoms with Gasteiger partial charge in [0.1, 0.15) is 0 Å². The smallest absolute Gasteiger partial charge is 0.0582 e. The molecule has 1 unspecified atom stereocenters. The molecule has 1 rings (SSSR count). The van der Waals surface area contributed by atoms with Crippen LogP contribution in [0.4, 0.5) is 0 Å². The van der Waals surface area contributed by atoms with Crippen LogP contribution in [0, 0.1) is 5.41 Å². The lowest BCUT2D eigenvalue weighted by molar-refractivity contribution is 0.170. The van der Waals surface area contributed by atoms with Gasteiger partial charge in [0.2, 0.25) is 0 Å². The fraction of sp³-hybridized carbons (Fsp3) is 1.00. The van der Waals surface area contributed by atoms with Gasteiger partial charge in [0.15, 0.2) is 0 Å². The highest BCUT2D eigenvalue weighted by molar-refractivity contribution is 4.86. The van der Waals surface area contributed by atoms with Crippen molar-refractivity contribution in [3.63, 3.8) is 0 Å². The van der Waals surface area contributed by atoms with Crippen molar-refractivity contribution in [3.05, 3.63) is 0 Å². The van der Waals surface area contributed by atoms with Crippen LogP contribution in [0.15, 0.2) is 0 Å². The lowest BCUT2D eigenvalue weighted by atomic mass is 9.74. The van der Waals surface area contributed by atoms with Crippen LogP contribution in [0.5, 0.6) is 0 Å². The van der Waals surface area contributed by atoms with Crippen molar-refractivity contribution in [2.45, 2.75) is 51.6 Å². The molecule has 4 N–H and O–H groups in total. The zero-order valence-corrected chi connectivity index (χ0v) is 9.42. The topological polar surface area (TPSA) is 58.3 Å². The van der Waals surface area contributed by atoms with E-state index < -0.39 is 0 Å². The van der Waals surface area contributed by atoms with Crippen LogP contribution < -0.4 is 11.1 Å². The normalized spacial score (nSPS) is 35.6. The van der Waals surface area contributed by atoms with E-state index >= 15 is 0 Å². The van der Waals surface area contributed by atoms with Crippen LogP contribution in [-0.4, -0.2) is 30.3 Å². The van der Waals surface area contributed by atoms with Gasteiger partial charge in [-0.25, -0.2) is 0 Å². The molecule has 3 heteroatoms. The van der Waals surface area contributed by atoms with Gasteiger partial charge < -0.3 is 16.2 Å². The molecule has 1 fully saturated rings. The summed E-state index contributed by atoms with van der Waals surface area (Å²) in [5.41, 5.74) is 6.11. The number of rotatable bonds is 4. The molecule has 0 aromatic heterocycles. The molecule has 0 aromatic carbocycles. The number of aliphatic hydroxyl groups is 1. The summed E-state index contributed by atoms with van der Waals surface area (Å²) in [7, 11) is 0. The maximum Gasteiger partial charge on any atom is 0.0582 e. The second-order valence-electron chi connectivity index (χ2n) is 5.04. The van der Waals surface area contributed by atoms with Gasteiger partial charge in [-0.1, -0.05) is 6.92 Å². The van der Waals surface area contributed by atoms with E-state index in [4.69, 9.17) is 10.8 Å². The van der Waals surface area contributed by atoms with Crippen molar-refractivity contribution in [3.8, 4) is 0 Å². The molecule has 0 aliphatic heterocycles. The van der Waals surface area contributed by atoms with Crippen molar-refractivity contribution in [1.29, 1.82) is 0 Å². The standard InChI is InChI=1S/C11H24N2O/c1-9(7-14)13-10-3-5-11(2,8-12)6-4-10/h9-10,13-14H,3-8,12H2,1-2H3. The van der Waals surface area contributed by atoms with E-state index in [1.54, 1.807) is 0 Å². The molecule has 14 heavy (non-hydrogen) atoms. The van der Waals surface area contributed by atoms with Gasteiger partial charge in [-0.15, -0.1) is 0 Å². The van der Waals surface area contributed by atoms with Crippen LogP contribution in [-0.2, 0) is 0 Å². The molecule has 0 aromatic rings. The molecule has 3 nitrogen and oxygen atoms in total. The zero-order valence-electron chi connectivity index (χ0n) is 9.42. The first-order valence-electron chi connectivity index (χ1n) is 5.66. The van der Waals surface area contributed by atoms with Crippen molar-refractivity contribution < 1.29 is 5.11 Å². The number of aliphatic hydroxyl groups excluding tert-OH is 1. The van der Waals surface area contributed by atoms with Crippen molar-refractivity contribution in [2.75, 3.05) is 13.2 Å². The Morgan fingerprint density at radius 3 is 2.50 bits per heavy atom. The van der Waals surface area contributed by atoms with Crippen LogP contribution in [0.25, 0.3) is 0 Å². The lowest BCUT2D eigenvalue weighted by Gasteiger charge is -2.37. The molecule has 0 spiro atoms. The fourth-order valence-electron chi connectivity index (χ4n) is 2.14. The highest BCUT2D eigenvalue weighted by atomic mass is 16.3. The highest BCUT2D eigenvalue weighted by Crippen LogP contribution is 2.34. The summed E-state index contributed by atoms with van der Waals surface area (Å²) in [4.78, 5) is 0. The Bertz CT molecular complexity index is 165. The predicted octanol–water partition coefficient (Wildman–Crippen LogP) is 0.864. The summed E-state index contributed by atoms with van der Waals surface area (Å²) in [5, 5.41) is 12.4. The average Bonchev–Trinajstić information content (AvgIpc) is 2.21. The van der Waals surface area contributed by atoms with Crippen LogP contribution in [0.2, 0.25) is 0 Å². The molecular weight excluding hydrogens is 176 g/mol. The van der Waals surface area contributed by atoms with Gasteiger partial charge in [0.25, 0.3) is 0 Å². The molecule has 0 radical (unpaired) electrons. The maximum absolute atomic E-state index is 8.93. The Morgan fingerprint density at radius 2 is 2.07 bits per heavy atom. The first-order valence-corrected chi connectivity index (χ1v) is 5.66. The Hall–Kier alpha value is -0.120. The maximum atomic E-state index is 8.93. The third kappa shape index (κ3) is 3.23. The van der Waals surface area contributed by atoms with Crippen LogP contribution >= 0.6 is 0 Å². The fourth-order valence-corrected chi connectivity index (χ4v) is 2.14. The molecular formula is C11H24N2O. The second kappa shape index (κ2) is 5.10. The minimum atomic E-state index is 0.224. The third-order valence-corrected chi connectivity index (χ3v) is 3.48. The Labute approximate surface area is 87.1 Å². The summed E-state index contributed by atoms with van der Waals surface area (Å²) >= 11 is 0. The average molecular weight is 200 g/mol. The van der Waals surface area contributed by atoms with Crippen molar-refractivity contribution in [2.24, 2.45) is 11.1 Å². The summed E-state index contributed by atoms with van der Waals surface area (Å²) in [6, 6.07) is 0.805. The number of nitrogens with two attached hydrogens (primary N) is 1. The molecule has 1 saturated carbocycles. The molecule has 1 atom stereocenters. The monoisotopic (exact) mass is 200 g/mol. The highest BCUT2D eigenvalue weighted by Gasteiger charge is 2.29.